The van der Waals surface area contributed by atoms with Gasteiger partial charge in [0.15, 0.2) is 0 Å². The summed E-state index contributed by atoms with van der Waals surface area (Å²) in [5.74, 6) is 0.128. The Balaban J connectivity index is 2.33. The van der Waals surface area contributed by atoms with Crippen LogP contribution in [0.2, 0.25) is 0 Å². The van der Waals surface area contributed by atoms with Crippen LogP contribution in [-0.4, -0.2) is 26.3 Å². The van der Waals surface area contributed by atoms with E-state index in [-0.39, 0.29) is 5.97 Å². The van der Waals surface area contributed by atoms with Gasteiger partial charge in [-0.3, -0.25) is 4.79 Å². The standard InChI is InChI=1S/C10H16O3/c1-8(6-10(11)12-2)9-4-3-5-13-7-9/h9H,1,3-7H2,2H3. The molecule has 13 heavy (non-hydrogen) atoms. The smallest absolute Gasteiger partial charge is 0.309 e. The Bertz CT molecular complexity index is 192. The molecule has 1 heterocycles. The summed E-state index contributed by atoms with van der Waals surface area (Å²) < 4.78 is 9.88. The molecule has 1 fully saturated rings. The van der Waals surface area contributed by atoms with Crippen molar-refractivity contribution in [1.29, 1.82) is 0 Å². The molecular weight excluding hydrogens is 168 g/mol. The van der Waals surface area contributed by atoms with Gasteiger partial charge in [-0.1, -0.05) is 12.2 Å². The second-order valence-electron chi connectivity index (χ2n) is 3.33. The van der Waals surface area contributed by atoms with Gasteiger partial charge in [0.2, 0.25) is 0 Å². The van der Waals surface area contributed by atoms with E-state index in [9.17, 15) is 4.79 Å². The van der Waals surface area contributed by atoms with Gasteiger partial charge in [-0.25, -0.2) is 0 Å². The van der Waals surface area contributed by atoms with Gasteiger partial charge in [-0.15, -0.1) is 0 Å². The monoisotopic (exact) mass is 184 g/mol. The molecule has 0 spiro atoms. The first-order chi connectivity index (χ1) is 6.24. The predicted molar refractivity (Wildman–Crippen MR) is 49.3 cm³/mol. The van der Waals surface area contributed by atoms with Crippen molar-refractivity contribution in [1.82, 2.24) is 0 Å². The first-order valence-electron chi connectivity index (χ1n) is 4.56. The molecule has 1 unspecified atom stereocenters. The van der Waals surface area contributed by atoms with Crippen LogP contribution in [0, 0.1) is 5.92 Å². The molecule has 1 saturated heterocycles. The largest absolute Gasteiger partial charge is 0.469 e. The summed E-state index contributed by atoms with van der Waals surface area (Å²) in [6.45, 7) is 5.42. The third-order valence-electron chi connectivity index (χ3n) is 2.34. The summed E-state index contributed by atoms with van der Waals surface area (Å²) >= 11 is 0. The molecule has 0 bridgehead atoms. The zero-order valence-corrected chi connectivity index (χ0v) is 8.04. The Morgan fingerprint density at radius 3 is 3.00 bits per heavy atom. The summed E-state index contributed by atoms with van der Waals surface area (Å²) in [5.41, 5.74) is 0.937. The summed E-state index contributed by atoms with van der Waals surface area (Å²) in [7, 11) is 1.40. The van der Waals surface area contributed by atoms with Crippen LogP contribution < -0.4 is 0 Å². The molecule has 1 aliphatic heterocycles. The molecule has 74 valence electrons. The van der Waals surface area contributed by atoms with E-state index in [0.717, 1.165) is 25.0 Å². The molecule has 0 amide bonds. The molecule has 0 aromatic heterocycles. The van der Waals surface area contributed by atoms with E-state index in [1.165, 1.54) is 7.11 Å². The predicted octanol–water partition coefficient (Wildman–Crippen LogP) is 1.53. The highest BCUT2D eigenvalue weighted by molar-refractivity contribution is 5.72. The van der Waals surface area contributed by atoms with Crippen LogP contribution in [0.25, 0.3) is 0 Å². The summed E-state index contributed by atoms with van der Waals surface area (Å²) in [6, 6.07) is 0. The van der Waals surface area contributed by atoms with E-state index in [4.69, 9.17) is 4.74 Å². The lowest BCUT2D eigenvalue weighted by molar-refractivity contribution is -0.140. The van der Waals surface area contributed by atoms with Gasteiger partial charge >= 0.3 is 5.97 Å². The summed E-state index contributed by atoms with van der Waals surface area (Å²) in [6.07, 6.45) is 2.46. The Labute approximate surface area is 78.7 Å². The maximum atomic E-state index is 10.9. The van der Waals surface area contributed by atoms with Crippen molar-refractivity contribution in [3.8, 4) is 0 Å². The molecule has 3 heteroatoms. The van der Waals surface area contributed by atoms with E-state index in [1.54, 1.807) is 0 Å². The number of carbonyl (C=O) groups is 1. The molecule has 0 aromatic rings. The van der Waals surface area contributed by atoms with Gasteiger partial charge in [-0.05, 0) is 12.8 Å². The Hall–Kier alpha value is -0.830. The fourth-order valence-electron chi connectivity index (χ4n) is 1.46. The molecular formula is C10H16O3. The van der Waals surface area contributed by atoms with Crippen molar-refractivity contribution in [2.75, 3.05) is 20.3 Å². The van der Waals surface area contributed by atoms with Gasteiger partial charge < -0.3 is 9.47 Å². The second kappa shape index (κ2) is 5.02. The maximum absolute atomic E-state index is 10.9. The van der Waals surface area contributed by atoms with E-state index < -0.39 is 0 Å². The van der Waals surface area contributed by atoms with Crippen LogP contribution in [0.1, 0.15) is 19.3 Å². The van der Waals surface area contributed by atoms with Crippen molar-refractivity contribution < 1.29 is 14.3 Å². The molecule has 1 rings (SSSR count). The minimum atomic E-state index is -0.212. The molecule has 3 nitrogen and oxygen atoms in total. The topological polar surface area (TPSA) is 35.5 Å². The SMILES string of the molecule is C=C(CC(=O)OC)C1CCCOC1. The van der Waals surface area contributed by atoms with Crippen molar-refractivity contribution >= 4 is 5.97 Å². The molecule has 0 aliphatic carbocycles. The highest BCUT2D eigenvalue weighted by atomic mass is 16.5. The second-order valence-corrected chi connectivity index (χ2v) is 3.33. The van der Waals surface area contributed by atoms with Crippen molar-refractivity contribution in [3.05, 3.63) is 12.2 Å². The first kappa shape index (κ1) is 10.3. The number of hydrogen-bond acceptors (Lipinski definition) is 3. The number of esters is 1. The van der Waals surface area contributed by atoms with Gasteiger partial charge in [0.05, 0.1) is 20.1 Å². The van der Waals surface area contributed by atoms with E-state index in [2.05, 4.69) is 11.3 Å². The van der Waals surface area contributed by atoms with Crippen molar-refractivity contribution in [2.24, 2.45) is 5.92 Å². The Morgan fingerprint density at radius 2 is 2.46 bits per heavy atom. The highest BCUT2D eigenvalue weighted by Gasteiger charge is 2.18. The lowest BCUT2D eigenvalue weighted by Crippen LogP contribution is -2.20. The summed E-state index contributed by atoms with van der Waals surface area (Å²) in [5, 5.41) is 0. The lowest BCUT2D eigenvalue weighted by atomic mass is 9.92. The van der Waals surface area contributed by atoms with Gasteiger partial charge in [0.25, 0.3) is 0 Å². The van der Waals surface area contributed by atoms with Crippen molar-refractivity contribution in [2.45, 2.75) is 19.3 Å². The average molecular weight is 184 g/mol. The van der Waals surface area contributed by atoms with Crippen LogP contribution in [-0.2, 0) is 14.3 Å². The molecule has 0 N–H and O–H groups in total. The van der Waals surface area contributed by atoms with Crippen LogP contribution in [0.15, 0.2) is 12.2 Å². The quantitative estimate of drug-likeness (QED) is 0.493. The number of ether oxygens (including phenoxy) is 2. The maximum Gasteiger partial charge on any atom is 0.309 e. The third-order valence-corrected chi connectivity index (χ3v) is 2.34. The number of methoxy groups -OCH3 is 1. The fraction of sp³-hybridized carbons (Fsp3) is 0.700. The Kier molecular flexibility index (Phi) is 3.96. The molecule has 0 radical (unpaired) electrons. The average Bonchev–Trinajstić information content (AvgIpc) is 2.19. The fourth-order valence-corrected chi connectivity index (χ4v) is 1.46. The lowest BCUT2D eigenvalue weighted by Gasteiger charge is -2.23. The molecule has 0 saturated carbocycles. The molecule has 0 aromatic carbocycles. The number of hydrogen-bond donors (Lipinski definition) is 0. The van der Waals surface area contributed by atoms with Gasteiger partial charge in [-0.2, -0.15) is 0 Å². The van der Waals surface area contributed by atoms with Crippen LogP contribution in [0.4, 0.5) is 0 Å². The van der Waals surface area contributed by atoms with Crippen molar-refractivity contribution in [3.63, 3.8) is 0 Å². The van der Waals surface area contributed by atoms with E-state index in [0.29, 0.717) is 18.9 Å². The first-order valence-corrected chi connectivity index (χ1v) is 4.56. The van der Waals surface area contributed by atoms with Gasteiger partial charge in [0.1, 0.15) is 0 Å². The molecule has 1 atom stereocenters. The van der Waals surface area contributed by atoms with E-state index >= 15 is 0 Å². The van der Waals surface area contributed by atoms with Crippen LogP contribution >= 0.6 is 0 Å². The zero-order valence-electron chi connectivity index (χ0n) is 8.04. The van der Waals surface area contributed by atoms with E-state index in [1.807, 2.05) is 0 Å². The summed E-state index contributed by atoms with van der Waals surface area (Å²) in [4.78, 5) is 10.9. The van der Waals surface area contributed by atoms with Crippen LogP contribution in [0.3, 0.4) is 0 Å². The number of carbonyl (C=O) groups excluding carboxylic acids is 1. The number of rotatable bonds is 3. The Morgan fingerprint density at radius 1 is 1.69 bits per heavy atom. The zero-order chi connectivity index (χ0) is 9.68. The van der Waals surface area contributed by atoms with Gasteiger partial charge in [0, 0.05) is 12.5 Å². The normalized spacial score (nSPS) is 22.4. The highest BCUT2D eigenvalue weighted by Crippen LogP contribution is 2.22. The minimum Gasteiger partial charge on any atom is -0.469 e. The molecule has 1 aliphatic rings. The van der Waals surface area contributed by atoms with Crippen LogP contribution in [0.5, 0.6) is 0 Å². The third kappa shape index (κ3) is 3.19. The minimum absolute atomic E-state index is 0.212.